The first-order chi connectivity index (χ1) is 9.04. The minimum Gasteiger partial charge on any atom is -0.466 e. The van der Waals surface area contributed by atoms with Crippen LogP contribution in [-0.4, -0.2) is 47.7 Å². The largest absolute Gasteiger partial charge is 0.466 e. The van der Waals surface area contributed by atoms with Gasteiger partial charge in [-0.05, 0) is 26.0 Å². The lowest BCUT2D eigenvalue weighted by atomic mass is 10.3. The molecule has 1 N–H and O–H groups in total. The van der Waals surface area contributed by atoms with Crippen LogP contribution in [0.3, 0.4) is 0 Å². The number of esters is 1. The van der Waals surface area contributed by atoms with E-state index in [2.05, 4.69) is 0 Å². The Kier molecular flexibility index (Phi) is 6.08. The Labute approximate surface area is 112 Å². The first-order valence-corrected chi connectivity index (χ1v) is 6.21. The molecule has 0 spiro atoms. The van der Waals surface area contributed by atoms with E-state index in [1.54, 1.807) is 26.0 Å². The lowest BCUT2D eigenvalue weighted by Gasteiger charge is -2.22. The molecule has 0 saturated heterocycles. The number of aliphatic hydroxyl groups excluding tert-OH is 1. The number of rotatable bonds is 7. The van der Waals surface area contributed by atoms with Crippen molar-refractivity contribution in [1.29, 1.82) is 0 Å². The van der Waals surface area contributed by atoms with E-state index in [0.717, 1.165) is 0 Å². The highest BCUT2D eigenvalue weighted by molar-refractivity contribution is 5.91. The Hall–Kier alpha value is -1.82. The lowest BCUT2D eigenvalue weighted by molar-refractivity contribution is -0.143. The van der Waals surface area contributed by atoms with E-state index >= 15 is 0 Å². The molecule has 0 radical (unpaired) electrons. The van der Waals surface area contributed by atoms with E-state index < -0.39 is 6.10 Å². The van der Waals surface area contributed by atoms with Gasteiger partial charge in [0.1, 0.15) is 0 Å². The molecule has 0 aromatic carbocycles. The van der Waals surface area contributed by atoms with Gasteiger partial charge < -0.3 is 19.2 Å². The minimum atomic E-state index is -0.680. The number of nitrogens with zero attached hydrogens (tertiary/aromatic N) is 1. The maximum Gasteiger partial charge on any atom is 0.307 e. The van der Waals surface area contributed by atoms with Crippen molar-refractivity contribution in [3.63, 3.8) is 0 Å². The fraction of sp³-hybridized carbons (Fsp3) is 0.538. The normalized spacial score (nSPS) is 11.9. The van der Waals surface area contributed by atoms with Gasteiger partial charge in [0.25, 0.3) is 5.91 Å². The zero-order valence-corrected chi connectivity index (χ0v) is 11.2. The zero-order chi connectivity index (χ0) is 14.3. The van der Waals surface area contributed by atoms with Crippen molar-refractivity contribution in [1.82, 2.24) is 4.90 Å². The standard InChI is InChI=1S/C13H19NO5/c1-3-18-12(16)6-7-14(9-10(2)15)13(17)11-5-4-8-19-11/h4-5,8,10,15H,3,6-7,9H2,1-2H3. The third kappa shape index (κ3) is 5.13. The molecule has 0 saturated carbocycles. The Morgan fingerprint density at radius 2 is 2.26 bits per heavy atom. The van der Waals surface area contributed by atoms with E-state index in [9.17, 15) is 14.7 Å². The van der Waals surface area contributed by atoms with Crippen LogP contribution in [0.1, 0.15) is 30.8 Å². The maximum atomic E-state index is 12.1. The summed E-state index contributed by atoms with van der Waals surface area (Å²) in [6, 6.07) is 3.15. The maximum absolute atomic E-state index is 12.1. The summed E-state index contributed by atoms with van der Waals surface area (Å²) >= 11 is 0. The zero-order valence-electron chi connectivity index (χ0n) is 11.2. The van der Waals surface area contributed by atoms with Crippen molar-refractivity contribution in [2.75, 3.05) is 19.7 Å². The number of amides is 1. The molecule has 1 aromatic rings. The summed E-state index contributed by atoms with van der Waals surface area (Å²) in [5, 5.41) is 9.40. The molecule has 1 heterocycles. The second-order valence-corrected chi connectivity index (χ2v) is 4.13. The van der Waals surface area contributed by atoms with Crippen molar-refractivity contribution in [2.24, 2.45) is 0 Å². The number of ether oxygens (including phenoxy) is 1. The van der Waals surface area contributed by atoms with Crippen LogP contribution in [0.15, 0.2) is 22.8 Å². The third-order valence-electron chi connectivity index (χ3n) is 2.39. The molecule has 106 valence electrons. The molecule has 1 unspecified atom stereocenters. The van der Waals surface area contributed by atoms with Crippen molar-refractivity contribution in [3.05, 3.63) is 24.2 Å². The van der Waals surface area contributed by atoms with Gasteiger partial charge in [-0.15, -0.1) is 0 Å². The number of carbonyl (C=O) groups is 2. The number of carbonyl (C=O) groups excluding carboxylic acids is 2. The highest BCUT2D eigenvalue weighted by atomic mass is 16.5. The Morgan fingerprint density at radius 1 is 1.53 bits per heavy atom. The van der Waals surface area contributed by atoms with Gasteiger partial charge in [0.15, 0.2) is 5.76 Å². The number of furan rings is 1. The van der Waals surface area contributed by atoms with E-state index in [1.807, 2.05) is 0 Å². The summed E-state index contributed by atoms with van der Waals surface area (Å²) < 4.78 is 9.83. The van der Waals surface area contributed by atoms with Gasteiger partial charge in [-0.1, -0.05) is 0 Å². The molecule has 1 aromatic heterocycles. The molecule has 19 heavy (non-hydrogen) atoms. The molecular weight excluding hydrogens is 250 g/mol. The van der Waals surface area contributed by atoms with Crippen molar-refractivity contribution >= 4 is 11.9 Å². The second-order valence-electron chi connectivity index (χ2n) is 4.13. The topological polar surface area (TPSA) is 80.0 Å². The smallest absolute Gasteiger partial charge is 0.307 e. The Bertz CT molecular complexity index is 399. The quantitative estimate of drug-likeness (QED) is 0.748. The van der Waals surface area contributed by atoms with Crippen LogP contribution in [0, 0.1) is 0 Å². The number of hydrogen-bond acceptors (Lipinski definition) is 5. The highest BCUT2D eigenvalue weighted by Gasteiger charge is 2.20. The first-order valence-electron chi connectivity index (χ1n) is 6.21. The van der Waals surface area contributed by atoms with Crippen molar-refractivity contribution in [3.8, 4) is 0 Å². The molecule has 0 bridgehead atoms. The average molecular weight is 269 g/mol. The predicted molar refractivity (Wildman–Crippen MR) is 67.5 cm³/mol. The van der Waals surface area contributed by atoms with Crippen LogP contribution in [0.2, 0.25) is 0 Å². The molecule has 1 amide bonds. The molecule has 1 rings (SSSR count). The van der Waals surface area contributed by atoms with Gasteiger partial charge in [-0.25, -0.2) is 0 Å². The summed E-state index contributed by atoms with van der Waals surface area (Å²) in [5.41, 5.74) is 0. The molecule has 0 fully saturated rings. The molecule has 6 heteroatoms. The van der Waals surface area contributed by atoms with Crippen LogP contribution >= 0.6 is 0 Å². The molecule has 0 aliphatic heterocycles. The monoisotopic (exact) mass is 269 g/mol. The van der Waals surface area contributed by atoms with Gasteiger partial charge in [-0.2, -0.15) is 0 Å². The minimum absolute atomic E-state index is 0.0903. The average Bonchev–Trinajstić information content (AvgIpc) is 2.87. The summed E-state index contributed by atoms with van der Waals surface area (Å²) in [6.07, 6.45) is 0.813. The molecule has 6 nitrogen and oxygen atoms in total. The summed E-state index contributed by atoms with van der Waals surface area (Å²) in [4.78, 5) is 24.8. The van der Waals surface area contributed by atoms with Gasteiger partial charge in [0, 0.05) is 13.1 Å². The van der Waals surface area contributed by atoms with Gasteiger partial charge in [-0.3, -0.25) is 9.59 Å². The third-order valence-corrected chi connectivity index (χ3v) is 2.39. The summed E-state index contributed by atoms with van der Waals surface area (Å²) in [5.74, 6) is -0.537. The van der Waals surface area contributed by atoms with E-state index in [4.69, 9.17) is 9.15 Å². The Balaban J connectivity index is 2.61. The first kappa shape index (κ1) is 15.2. The fourth-order valence-electron chi connectivity index (χ4n) is 1.61. The van der Waals surface area contributed by atoms with E-state index in [0.29, 0.717) is 6.61 Å². The Morgan fingerprint density at radius 3 is 2.79 bits per heavy atom. The summed E-state index contributed by atoms with van der Waals surface area (Å²) in [6.45, 7) is 3.93. The summed E-state index contributed by atoms with van der Waals surface area (Å²) in [7, 11) is 0. The van der Waals surface area contributed by atoms with Crippen LogP contribution in [0.25, 0.3) is 0 Å². The highest BCUT2D eigenvalue weighted by Crippen LogP contribution is 2.07. The van der Waals surface area contributed by atoms with E-state index in [-0.39, 0.29) is 37.1 Å². The molecule has 0 aliphatic rings. The van der Waals surface area contributed by atoms with Crippen LogP contribution in [0.4, 0.5) is 0 Å². The second kappa shape index (κ2) is 7.58. The van der Waals surface area contributed by atoms with Crippen molar-refractivity contribution in [2.45, 2.75) is 26.4 Å². The molecular formula is C13H19NO5. The predicted octanol–water partition coefficient (Wildman–Crippen LogP) is 1.06. The van der Waals surface area contributed by atoms with Crippen molar-refractivity contribution < 1.29 is 23.8 Å². The van der Waals surface area contributed by atoms with Gasteiger partial charge >= 0.3 is 5.97 Å². The molecule has 1 atom stereocenters. The molecule has 0 aliphatic carbocycles. The van der Waals surface area contributed by atoms with E-state index in [1.165, 1.54) is 11.2 Å². The number of hydrogen-bond donors (Lipinski definition) is 1. The van der Waals surface area contributed by atoms with Crippen LogP contribution in [0.5, 0.6) is 0 Å². The van der Waals surface area contributed by atoms with Gasteiger partial charge in [0.05, 0.1) is 25.4 Å². The van der Waals surface area contributed by atoms with Crippen LogP contribution in [-0.2, 0) is 9.53 Å². The SMILES string of the molecule is CCOC(=O)CCN(CC(C)O)C(=O)c1ccco1. The fourth-order valence-corrected chi connectivity index (χ4v) is 1.61. The lowest BCUT2D eigenvalue weighted by Crippen LogP contribution is -2.38. The van der Waals surface area contributed by atoms with Gasteiger partial charge in [0.2, 0.25) is 0 Å². The number of aliphatic hydroxyl groups is 1. The van der Waals surface area contributed by atoms with Crippen LogP contribution < -0.4 is 0 Å².